The summed E-state index contributed by atoms with van der Waals surface area (Å²) in [5.41, 5.74) is -2.51. The molecule has 0 bridgehead atoms. The molecule has 0 aliphatic carbocycles. The summed E-state index contributed by atoms with van der Waals surface area (Å²) < 4.78 is 57.5. The fourth-order valence-electron chi connectivity index (χ4n) is 3.99. The highest BCUT2D eigenvalue weighted by Gasteiger charge is 2.36. The van der Waals surface area contributed by atoms with E-state index in [-0.39, 0.29) is 11.8 Å². The minimum atomic E-state index is -4.96. The number of rotatable bonds is 7. The van der Waals surface area contributed by atoms with Crippen molar-refractivity contribution in [2.75, 3.05) is 12.4 Å². The second kappa shape index (κ2) is 10.3. The molecule has 2 aromatic heterocycles. The lowest BCUT2D eigenvalue weighted by Crippen LogP contribution is -2.19. The maximum Gasteiger partial charge on any atom is 0.417 e. The lowest BCUT2D eigenvalue weighted by molar-refractivity contribution is -0.137. The Bertz CT molecular complexity index is 1590. The second-order valence-corrected chi connectivity index (χ2v) is 9.26. The fraction of sp³-hybridized carbons (Fsp3) is 0.179. The minimum absolute atomic E-state index is 0.170. The Morgan fingerprint density at radius 1 is 1.08 bits per heavy atom. The summed E-state index contributed by atoms with van der Waals surface area (Å²) in [6.45, 7) is 3.17. The molecule has 0 saturated carbocycles. The molecule has 4 rings (SSSR count). The molecule has 2 heterocycles. The molecular weight excluding hydrogens is 514 g/mol. The number of nitrogens with zero attached hydrogens (tertiary/aromatic N) is 2. The summed E-state index contributed by atoms with van der Waals surface area (Å²) in [7, 11) is 1.50. The third-order valence-corrected chi connectivity index (χ3v) is 5.99. The van der Waals surface area contributed by atoms with Gasteiger partial charge in [-0.3, -0.25) is 4.79 Å². The van der Waals surface area contributed by atoms with Crippen LogP contribution in [0.5, 0.6) is 0 Å². The first kappa shape index (κ1) is 27.5. The first-order chi connectivity index (χ1) is 18.3. The number of aromatic nitrogens is 2. The van der Waals surface area contributed by atoms with Crippen molar-refractivity contribution in [1.29, 1.82) is 5.41 Å². The topological polar surface area (TPSA) is 103 Å². The van der Waals surface area contributed by atoms with Crippen LogP contribution in [0.3, 0.4) is 0 Å². The zero-order valence-corrected chi connectivity index (χ0v) is 21.2. The monoisotopic (exact) mass is 539 g/mol. The molecular formula is C28H25F4N5O2. The highest BCUT2D eigenvalue weighted by molar-refractivity contribution is 6.12. The van der Waals surface area contributed by atoms with Crippen LogP contribution in [0.4, 0.5) is 23.2 Å². The maximum atomic E-state index is 15.0. The molecule has 0 unspecified atom stereocenters. The number of hydrogen-bond donors (Lipinski definition) is 4. The van der Waals surface area contributed by atoms with Gasteiger partial charge in [-0.2, -0.15) is 18.3 Å². The van der Waals surface area contributed by atoms with Crippen molar-refractivity contribution < 1.29 is 27.5 Å². The number of carbonyl (C=O) groups excluding carboxylic acids is 1. The highest BCUT2D eigenvalue weighted by atomic mass is 19.4. The van der Waals surface area contributed by atoms with Gasteiger partial charge in [0.05, 0.1) is 33.6 Å². The van der Waals surface area contributed by atoms with Crippen LogP contribution < -0.4 is 10.6 Å². The van der Waals surface area contributed by atoms with Crippen LogP contribution in [0.1, 0.15) is 40.9 Å². The summed E-state index contributed by atoms with van der Waals surface area (Å²) in [4.78, 5) is 13.4. The third kappa shape index (κ3) is 5.68. The molecule has 1 amide bonds. The second-order valence-electron chi connectivity index (χ2n) is 9.26. The van der Waals surface area contributed by atoms with E-state index in [0.29, 0.717) is 28.4 Å². The van der Waals surface area contributed by atoms with Crippen LogP contribution in [0.15, 0.2) is 73.1 Å². The standard InChI is InChI=1S/C28H25F4N5O2/c1-27(2,39)17-10-12-37-23(13-17)25(24(36-37)16-7-5-4-6-8-16)35-26(38)19-14-18(22(33)9-11-34-3)20(15-21(19)29)28(30,31)32/h4-15,33-34,39H,1-3H3,(H,35,38)/b11-9-,33-22?. The molecule has 202 valence electrons. The average molecular weight is 540 g/mol. The number of pyridine rings is 1. The van der Waals surface area contributed by atoms with E-state index in [9.17, 15) is 27.5 Å². The van der Waals surface area contributed by atoms with Crippen LogP contribution in [-0.2, 0) is 11.8 Å². The quantitative estimate of drug-likeness (QED) is 0.178. The summed E-state index contributed by atoms with van der Waals surface area (Å²) in [6, 6.07) is 13.0. The van der Waals surface area contributed by atoms with Crippen molar-refractivity contribution in [2.24, 2.45) is 0 Å². The normalized spacial score (nSPS) is 12.2. The molecule has 4 aromatic rings. The zero-order chi connectivity index (χ0) is 28.5. The van der Waals surface area contributed by atoms with Crippen molar-refractivity contribution in [3.8, 4) is 11.3 Å². The number of hydrogen-bond acceptors (Lipinski definition) is 5. The van der Waals surface area contributed by atoms with Crippen LogP contribution >= 0.6 is 0 Å². The summed E-state index contributed by atoms with van der Waals surface area (Å²) in [5, 5.41) is 28.3. The molecule has 0 fully saturated rings. The zero-order valence-electron chi connectivity index (χ0n) is 21.2. The van der Waals surface area contributed by atoms with Gasteiger partial charge in [-0.1, -0.05) is 30.3 Å². The van der Waals surface area contributed by atoms with Gasteiger partial charge in [-0.15, -0.1) is 0 Å². The Morgan fingerprint density at radius 2 is 1.77 bits per heavy atom. The highest BCUT2D eigenvalue weighted by Crippen LogP contribution is 2.36. The third-order valence-electron chi connectivity index (χ3n) is 5.99. The van der Waals surface area contributed by atoms with Crippen LogP contribution in [0, 0.1) is 11.2 Å². The van der Waals surface area contributed by atoms with Gasteiger partial charge in [-0.05, 0) is 56.0 Å². The molecule has 39 heavy (non-hydrogen) atoms. The molecule has 0 atom stereocenters. The SMILES string of the molecule is CN/C=C\C(=N)c1cc(C(=O)Nc2c(-c3ccccc3)nn3ccc(C(C)(C)O)cc23)c(F)cc1C(F)(F)F. The number of allylic oxidation sites excluding steroid dienone is 1. The molecule has 0 spiro atoms. The molecule has 0 aliphatic rings. The number of anilines is 1. The molecule has 0 radical (unpaired) electrons. The Hall–Kier alpha value is -4.51. The van der Waals surface area contributed by atoms with Gasteiger partial charge >= 0.3 is 6.18 Å². The number of nitrogens with one attached hydrogen (secondary N) is 3. The van der Waals surface area contributed by atoms with Crippen LogP contribution in [0.25, 0.3) is 16.8 Å². The maximum absolute atomic E-state index is 15.0. The van der Waals surface area contributed by atoms with E-state index >= 15 is 0 Å². The Kier molecular flexibility index (Phi) is 7.29. The average Bonchev–Trinajstić information content (AvgIpc) is 3.24. The van der Waals surface area contributed by atoms with Crippen molar-refractivity contribution >= 4 is 22.8 Å². The van der Waals surface area contributed by atoms with Crippen LogP contribution in [-0.4, -0.2) is 33.4 Å². The molecule has 7 nitrogen and oxygen atoms in total. The molecule has 0 saturated heterocycles. The van der Waals surface area contributed by atoms with E-state index < -0.39 is 45.9 Å². The Labute approximate surface area is 221 Å². The van der Waals surface area contributed by atoms with Gasteiger partial charge < -0.3 is 21.1 Å². The van der Waals surface area contributed by atoms with E-state index in [1.165, 1.54) is 17.8 Å². The van der Waals surface area contributed by atoms with E-state index in [0.717, 1.165) is 6.08 Å². The Balaban J connectivity index is 1.87. The smallest absolute Gasteiger partial charge is 0.394 e. The molecule has 11 heteroatoms. The number of alkyl halides is 3. The molecule has 2 aromatic carbocycles. The van der Waals surface area contributed by atoms with Crippen molar-refractivity contribution in [3.05, 3.63) is 101 Å². The van der Waals surface area contributed by atoms with Gasteiger partial charge in [0.1, 0.15) is 11.5 Å². The van der Waals surface area contributed by atoms with E-state index in [2.05, 4.69) is 15.7 Å². The van der Waals surface area contributed by atoms with E-state index in [1.54, 1.807) is 62.5 Å². The summed E-state index contributed by atoms with van der Waals surface area (Å²) in [5.74, 6) is -2.43. The number of aliphatic hydroxyl groups is 1. The number of carbonyl (C=O) groups is 1. The number of amides is 1. The minimum Gasteiger partial charge on any atom is -0.394 e. The lowest BCUT2D eigenvalue weighted by atomic mass is 9.98. The number of fused-ring (bicyclic) bond motifs is 1. The van der Waals surface area contributed by atoms with Gasteiger partial charge in [0, 0.05) is 24.4 Å². The largest absolute Gasteiger partial charge is 0.417 e. The lowest BCUT2D eigenvalue weighted by Gasteiger charge is -2.18. The Morgan fingerprint density at radius 3 is 2.38 bits per heavy atom. The van der Waals surface area contributed by atoms with E-state index in [1.807, 2.05) is 0 Å². The number of benzene rings is 2. The van der Waals surface area contributed by atoms with E-state index in [4.69, 9.17) is 5.41 Å². The molecule has 0 aliphatic heterocycles. The predicted molar refractivity (Wildman–Crippen MR) is 140 cm³/mol. The van der Waals surface area contributed by atoms with Gasteiger partial charge in [0.2, 0.25) is 0 Å². The molecule has 4 N–H and O–H groups in total. The first-order valence-corrected chi connectivity index (χ1v) is 11.8. The van der Waals surface area contributed by atoms with Crippen molar-refractivity contribution in [2.45, 2.75) is 25.6 Å². The summed E-state index contributed by atoms with van der Waals surface area (Å²) in [6.07, 6.45) is -1.05. The summed E-state index contributed by atoms with van der Waals surface area (Å²) >= 11 is 0. The number of halogens is 4. The van der Waals surface area contributed by atoms with Gasteiger partial charge in [0.25, 0.3) is 5.91 Å². The predicted octanol–water partition coefficient (Wildman–Crippen LogP) is 5.74. The van der Waals surface area contributed by atoms with Crippen molar-refractivity contribution in [3.63, 3.8) is 0 Å². The van der Waals surface area contributed by atoms with Gasteiger partial charge in [0.15, 0.2) is 0 Å². The van der Waals surface area contributed by atoms with Crippen molar-refractivity contribution in [1.82, 2.24) is 14.9 Å². The fourth-order valence-corrected chi connectivity index (χ4v) is 3.99. The van der Waals surface area contributed by atoms with Gasteiger partial charge in [-0.25, -0.2) is 8.91 Å². The first-order valence-electron chi connectivity index (χ1n) is 11.8. The van der Waals surface area contributed by atoms with Crippen LogP contribution in [0.2, 0.25) is 0 Å².